The van der Waals surface area contributed by atoms with Crippen molar-refractivity contribution in [2.75, 3.05) is 27.7 Å². The van der Waals surface area contributed by atoms with Gasteiger partial charge in [0.05, 0.1) is 6.54 Å². The van der Waals surface area contributed by atoms with Crippen molar-refractivity contribution in [3.8, 4) is 11.6 Å². The lowest BCUT2D eigenvalue weighted by Gasteiger charge is -2.28. The number of ether oxygens (including phenoxy) is 2. The number of hydrogen-bond acceptors (Lipinski definition) is 7. The molecule has 0 bridgehead atoms. The molecule has 1 aromatic heterocycles. The minimum atomic E-state index is -0.821. The molecule has 0 spiro atoms. The standard InChI is InChI=1S/C29H39FN6O4/c1-20-15-16-24(39-26-14-10-12-21(2)32-26)27(30)23(20)18-36(28(38)40-29(4,5)6)22(3)31-19-35(9)33-25(37)13-11-17-34(7)8/h10-16,19H,3,17-18H2,1-2,4-9H3,(H,33,37)/b13-11+,31-19-. The summed E-state index contributed by atoms with van der Waals surface area (Å²) in [7, 11) is 5.35. The van der Waals surface area contributed by atoms with Gasteiger partial charge < -0.3 is 14.4 Å². The number of likely N-dealkylation sites (N-methyl/N-ethyl adjacent to an activating group) is 1. The van der Waals surface area contributed by atoms with Crippen LogP contribution in [0.3, 0.4) is 0 Å². The number of rotatable bonds is 11. The fourth-order valence-corrected chi connectivity index (χ4v) is 3.23. The normalized spacial score (nSPS) is 11.7. The molecule has 2 amide bonds. The van der Waals surface area contributed by atoms with Crippen LogP contribution in [0.2, 0.25) is 0 Å². The van der Waals surface area contributed by atoms with Crippen LogP contribution in [0.1, 0.15) is 37.6 Å². The average Bonchev–Trinajstić information content (AvgIpc) is 2.83. The molecule has 0 aliphatic rings. The number of benzene rings is 1. The van der Waals surface area contributed by atoms with E-state index in [4.69, 9.17) is 9.47 Å². The van der Waals surface area contributed by atoms with E-state index in [1.807, 2.05) is 19.0 Å². The van der Waals surface area contributed by atoms with Gasteiger partial charge in [-0.05, 0) is 66.4 Å². The number of hydrogen-bond donors (Lipinski definition) is 1. The summed E-state index contributed by atoms with van der Waals surface area (Å²) in [4.78, 5) is 36.7. The van der Waals surface area contributed by atoms with Gasteiger partial charge in [-0.15, -0.1) is 0 Å². The molecule has 0 atom stereocenters. The lowest BCUT2D eigenvalue weighted by molar-refractivity contribution is -0.119. The van der Waals surface area contributed by atoms with Gasteiger partial charge in [0.25, 0.3) is 5.91 Å². The first-order valence-corrected chi connectivity index (χ1v) is 12.6. The van der Waals surface area contributed by atoms with Crippen molar-refractivity contribution in [2.45, 2.75) is 46.8 Å². The zero-order valence-corrected chi connectivity index (χ0v) is 24.5. The molecule has 216 valence electrons. The molecule has 11 heteroatoms. The largest absolute Gasteiger partial charge is 0.443 e. The maximum atomic E-state index is 15.7. The molecule has 2 rings (SSSR count). The van der Waals surface area contributed by atoms with Crippen LogP contribution in [0, 0.1) is 19.7 Å². The van der Waals surface area contributed by atoms with E-state index in [9.17, 15) is 9.59 Å². The molecule has 0 radical (unpaired) electrons. The van der Waals surface area contributed by atoms with Crippen LogP contribution in [0.15, 0.2) is 59.9 Å². The first-order chi connectivity index (χ1) is 18.7. The number of nitrogens with zero attached hydrogens (tertiary/aromatic N) is 5. The predicted octanol–water partition coefficient (Wildman–Crippen LogP) is 4.95. The van der Waals surface area contributed by atoms with Crippen LogP contribution in [0.25, 0.3) is 0 Å². The highest BCUT2D eigenvalue weighted by Crippen LogP contribution is 2.29. The van der Waals surface area contributed by atoms with Crippen LogP contribution >= 0.6 is 0 Å². The van der Waals surface area contributed by atoms with Gasteiger partial charge in [-0.2, -0.15) is 0 Å². The molecule has 0 saturated heterocycles. The number of carbonyl (C=O) groups is 2. The predicted molar refractivity (Wildman–Crippen MR) is 153 cm³/mol. The lowest BCUT2D eigenvalue weighted by atomic mass is 10.1. The van der Waals surface area contributed by atoms with Gasteiger partial charge in [-0.25, -0.2) is 19.2 Å². The maximum absolute atomic E-state index is 15.7. The molecule has 0 unspecified atom stereocenters. The summed E-state index contributed by atoms with van der Waals surface area (Å²) in [5.74, 6) is -0.829. The van der Waals surface area contributed by atoms with Crippen molar-refractivity contribution in [2.24, 2.45) is 4.99 Å². The summed E-state index contributed by atoms with van der Waals surface area (Å²) < 4.78 is 26.9. The molecular weight excluding hydrogens is 515 g/mol. The number of aromatic nitrogens is 1. The third-order valence-corrected chi connectivity index (χ3v) is 5.17. The number of carbonyl (C=O) groups excluding carboxylic acids is 2. The Morgan fingerprint density at radius 1 is 1.15 bits per heavy atom. The van der Waals surface area contributed by atoms with Gasteiger partial charge in [0, 0.05) is 37.0 Å². The van der Waals surface area contributed by atoms with Crippen LogP contribution in [-0.2, 0) is 16.1 Å². The number of aryl methyl sites for hydroxylation is 2. The van der Waals surface area contributed by atoms with Crippen molar-refractivity contribution < 1.29 is 23.5 Å². The number of pyridine rings is 1. The van der Waals surface area contributed by atoms with Crippen LogP contribution in [-0.4, -0.2) is 71.4 Å². The first-order valence-electron chi connectivity index (χ1n) is 12.6. The molecular formula is C29H39FN6O4. The Hall–Kier alpha value is -4.25. The number of nitrogens with one attached hydrogen (secondary N) is 1. The molecule has 10 nitrogen and oxygen atoms in total. The zero-order chi connectivity index (χ0) is 30.0. The van der Waals surface area contributed by atoms with Crippen molar-refractivity contribution in [1.82, 2.24) is 25.2 Å². The highest BCUT2D eigenvalue weighted by molar-refractivity contribution is 5.88. The topological polar surface area (TPSA) is 99.6 Å². The summed E-state index contributed by atoms with van der Waals surface area (Å²) in [6.07, 6.45) is 3.63. The molecule has 1 N–H and O–H groups in total. The van der Waals surface area contributed by atoms with E-state index in [-0.39, 0.29) is 35.5 Å². The van der Waals surface area contributed by atoms with Gasteiger partial charge >= 0.3 is 6.09 Å². The van der Waals surface area contributed by atoms with Crippen molar-refractivity contribution in [3.05, 3.63) is 77.5 Å². The van der Waals surface area contributed by atoms with E-state index in [1.165, 1.54) is 23.5 Å². The fraction of sp³-hybridized carbons (Fsp3) is 0.379. The van der Waals surface area contributed by atoms with Gasteiger partial charge in [-0.1, -0.05) is 24.8 Å². The zero-order valence-electron chi connectivity index (χ0n) is 24.5. The molecule has 1 heterocycles. The van der Waals surface area contributed by atoms with E-state index >= 15 is 4.39 Å². The lowest BCUT2D eigenvalue weighted by Crippen LogP contribution is -2.38. The molecule has 2 aromatic rings. The summed E-state index contributed by atoms with van der Waals surface area (Å²) in [5.41, 5.74) is 3.28. The Morgan fingerprint density at radius 2 is 1.85 bits per heavy atom. The second kappa shape index (κ2) is 14.2. The van der Waals surface area contributed by atoms with E-state index in [0.29, 0.717) is 12.1 Å². The smallest absolute Gasteiger partial charge is 0.416 e. The third kappa shape index (κ3) is 10.5. The van der Waals surface area contributed by atoms with Crippen molar-refractivity contribution in [3.63, 3.8) is 0 Å². The quantitative estimate of drug-likeness (QED) is 0.182. The SMILES string of the molecule is C=C(/N=C\N(C)NC(=O)/C=C/CN(C)C)N(Cc1c(C)ccc(Oc2cccc(C)n2)c1F)C(=O)OC(C)(C)C. The Labute approximate surface area is 235 Å². The summed E-state index contributed by atoms with van der Waals surface area (Å²) in [6, 6.07) is 8.39. The minimum absolute atomic E-state index is 0.0241. The molecule has 0 aliphatic carbocycles. The molecule has 0 fully saturated rings. The van der Waals surface area contributed by atoms with Crippen LogP contribution < -0.4 is 10.2 Å². The van der Waals surface area contributed by atoms with E-state index in [1.54, 1.807) is 72.0 Å². The Balaban J connectivity index is 2.29. The maximum Gasteiger partial charge on any atom is 0.416 e. The molecule has 0 aliphatic heterocycles. The van der Waals surface area contributed by atoms with Crippen LogP contribution in [0.5, 0.6) is 11.6 Å². The summed E-state index contributed by atoms with van der Waals surface area (Å²) in [5, 5.41) is 1.32. The molecule has 0 saturated carbocycles. The molecule has 40 heavy (non-hydrogen) atoms. The van der Waals surface area contributed by atoms with Gasteiger partial charge in [0.1, 0.15) is 17.8 Å². The second-order valence-electron chi connectivity index (χ2n) is 10.4. The third-order valence-electron chi connectivity index (χ3n) is 5.17. The summed E-state index contributed by atoms with van der Waals surface area (Å²) >= 11 is 0. The highest BCUT2D eigenvalue weighted by Gasteiger charge is 2.27. The Bertz CT molecular complexity index is 1270. The monoisotopic (exact) mass is 554 g/mol. The van der Waals surface area contributed by atoms with Gasteiger partial charge in [0.15, 0.2) is 11.6 Å². The summed E-state index contributed by atoms with van der Waals surface area (Å²) in [6.45, 7) is 12.9. The van der Waals surface area contributed by atoms with Crippen LogP contribution in [0.4, 0.5) is 9.18 Å². The number of halogens is 1. The van der Waals surface area contributed by atoms with E-state index in [2.05, 4.69) is 22.0 Å². The van der Waals surface area contributed by atoms with Gasteiger partial charge in [0.2, 0.25) is 5.88 Å². The van der Waals surface area contributed by atoms with Crippen molar-refractivity contribution in [1.29, 1.82) is 0 Å². The number of hydrazine groups is 1. The first kappa shape index (κ1) is 32.0. The second-order valence-corrected chi connectivity index (χ2v) is 10.4. The fourth-order valence-electron chi connectivity index (χ4n) is 3.23. The van der Waals surface area contributed by atoms with Crippen molar-refractivity contribution >= 4 is 18.3 Å². The Kier molecular flexibility index (Phi) is 11.4. The van der Waals surface area contributed by atoms with Gasteiger partial charge in [-0.3, -0.25) is 20.1 Å². The Morgan fingerprint density at radius 3 is 2.48 bits per heavy atom. The van der Waals surface area contributed by atoms with E-state index in [0.717, 1.165) is 10.6 Å². The number of aliphatic imine (C=N–C) groups is 1. The highest BCUT2D eigenvalue weighted by atomic mass is 19.1. The average molecular weight is 555 g/mol. The minimum Gasteiger partial charge on any atom is -0.443 e. The van der Waals surface area contributed by atoms with E-state index < -0.39 is 17.5 Å². The molecule has 1 aromatic carbocycles. The number of amides is 2.